The molecule has 0 spiro atoms. The van der Waals surface area contributed by atoms with Crippen LogP contribution >= 0.6 is 27.5 Å². The predicted molar refractivity (Wildman–Crippen MR) is 66.2 cm³/mol. The van der Waals surface area contributed by atoms with E-state index in [-0.39, 0.29) is 16.3 Å². The van der Waals surface area contributed by atoms with Crippen LogP contribution in [0.25, 0.3) is 11.1 Å². The highest BCUT2D eigenvalue weighted by Gasteiger charge is 2.11. The molecule has 1 nitrogen and oxygen atoms in total. The van der Waals surface area contributed by atoms with Crippen LogP contribution in [0.4, 0.5) is 4.39 Å². The normalized spacial score (nSPS) is 10.4. The number of hydrogen-bond acceptors (Lipinski definition) is 1. The summed E-state index contributed by atoms with van der Waals surface area (Å²) in [5.41, 5.74) is 0.709. The van der Waals surface area contributed by atoms with Gasteiger partial charge in [-0.2, -0.15) is 0 Å². The van der Waals surface area contributed by atoms with Crippen molar-refractivity contribution in [1.82, 2.24) is 0 Å². The van der Waals surface area contributed by atoms with E-state index in [1.54, 1.807) is 24.3 Å². The third-order valence-corrected chi connectivity index (χ3v) is 2.99. The van der Waals surface area contributed by atoms with Gasteiger partial charge in [-0.25, -0.2) is 4.39 Å². The maximum absolute atomic E-state index is 13.7. The van der Waals surface area contributed by atoms with Crippen LogP contribution in [0, 0.1) is 5.82 Å². The number of hydrogen-bond donors (Lipinski definition) is 1. The van der Waals surface area contributed by atoms with Crippen molar-refractivity contribution in [2.75, 3.05) is 0 Å². The van der Waals surface area contributed by atoms with Crippen LogP contribution in [0.1, 0.15) is 0 Å². The van der Waals surface area contributed by atoms with E-state index in [4.69, 9.17) is 11.6 Å². The lowest BCUT2D eigenvalue weighted by atomic mass is 10.0. The summed E-state index contributed by atoms with van der Waals surface area (Å²) in [5.74, 6) is -0.516. The van der Waals surface area contributed by atoms with E-state index in [1.807, 2.05) is 0 Å². The highest BCUT2D eigenvalue weighted by Crippen LogP contribution is 2.34. The van der Waals surface area contributed by atoms with Gasteiger partial charge in [0.25, 0.3) is 0 Å². The zero-order valence-electron chi connectivity index (χ0n) is 8.05. The van der Waals surface area contributed by atoms with Crippen LogP contribution in [0.2, 0.25) is 5.02 Å². The fraction of sp³-hybridized carbons (Fsp3) is 0. The molecule has 0 fully saturated rings. The van der Waals surface area contributed by atoms with Crippen molar-refractivity contribution in [3.8, 4) is 16.9 Å². The lowest BCUT2D eigenvalue weighted by Crippen LogP contribution is -1.86. The molecule has 0 amide bonds. The first-order chi connectivity index (χ1) is 7.59. The van der Waals surface area contributed by atoms with Crippen LogP contribution in [0.3, 0.4) is 0 Å². The number of rotatable bonds is 1. The van der Waals surface area contributed by atoms with Crippen LogP contribution in [-0.2, 0) is 0 Å². The van der Waals surface area contributed by atoms with E-state index in [2.05, 4.69) is 15.9 Å². The van der Waals surface area contributed by atoms with Crippen molar-refractivity contribution in [3.63, 3.8) is 0 Å². The largest absolute Gasteiger partial charge is 0.507 e. The van der Waals surface area contributed by atoms with Gasteiger partial charge in [0.1, 0.15) is 11.6 Å². The van der Waals surface area contributed by atoms with Gasteiger partial charge in [0, 0.05) is 15.6 Å². The van der Waals surface area contributed by atoms with Crippen LogP contribution in [0.5, 0.6) is 5.75 Å². The molecule has 0 aromatic heterocycles. The Balaban J connectivity index is 2.63. The predicted octanol–water partition coefficient (Wildman–Crippen LogP) is 4.61. The summed E-state index contributed by atoms with van der Waals surface area (Å²) in [6.07, 6.45) is 0. The van der Waals surface area contributed by atoms with Gasteiger partial charge >= 0.3 is 0 Å². The van der Waals surface area contributed by atoms with Crippen molar-refractivity contribution >= 4 is 27.5 Å². The van der Waals surface area contributed by atoms with Crippen molar-refractivity contribution in [2.45, 2.75) is 0 Å². The standard InChI is InChI=1S/C12H7BrClFO/c13-7-4-5-8(11(16)6-7)9-2-1-3-10(14)12(9)15/h1-6,16H. The Morgan fingerprint density at radius 2 is 1.88 bits per heavy atom. The molecule has 0 heterocycles. The Kier molecular flexibility index (Phi) is 3.17. The summed E-state index contributed by atoms with van der Waals surface area (Å²) in [5, 5.41) is 9.76. The van der Waals surface area contributed by atoms with Gasteiger partial charge in [-0.05, 0) is 24.3 Å². The molecule has 0 radical (unpaired) electrons. The second kappa shape index (κ2) is 4.44. The Labute approximate surface area is 106 Å². The SMILES string of the molecule is Oc1cc(Br)ccc1-c1cccc(Cl)c1F. The molecule has 0 aliphatic heterocycles. The third kappa shape index (κ3) is 2.06. The first kappa shape index (κ1) is 11.4. The Morgan fingerprint density at radius 3 is 2.56 bits per heavy atom. The van der Waals surface area contributed by atoms with Crippen molar-refractivity contribution in [2.24, 2.45) is 0 Å². The lowest BCUT2D eigenvalue weighted by Gasteiger charge is -2.07. The van der Waals surface area contributed by atoms with Gasteiger partial charge in [0.2, 0.25) is 0 Å². The topological polar surface area (TPSA) is 20.2 Å². The molecule has 0 aliphatic rings. The van der Waals surface area contributed by atoms with Crippen molar-refractivity contribution < 1.29 is 9.50 Å². The molecule has 82 valence electrons. The van der Waals surface area contributed by atoms with E-state index in [1.165, 1.54) is 12.1 Å². The van der Waals surface area contributed by atoms with E-state index in [0.29, 0.717) is 5.56 Å². The highest BCUT2D eigenvalue weighted by atomic mass is 79.9. The second-order valence-corrected chi connectivity index (χ2v) is 4.59. The molecule has 0 saturated heterocycles. The average molecular weight is 302 g/mol. The average Bonchev–Trinajstić information content (AvgIpc) is 2.23. The van der Waals surface area contributed by atoms with E-state index < -0.39 is 5.82 Å². The van der Waals surface area contributed by atoms with Crippen LogP contribution in [0.15, 0.2) is 40.9 Å². The highest BCUT2D eigenvalue weighted by molar-refractivity contribution is 9.10. The number of benzene rings is 2. The third-order valence-electron chi connectivity index (χ3n) is 2.20. The van der Waals surface area contributed by atoms with Crippen LogP contribution < -0.4 is 0 Å². The van der Waals surface area contributed by atoms with E-state index in [9.17, 15) is 9.50 Å². The molecule has 4 heteroatoms. The zero-order valence-corrected chi connectivity index (χ0v) is 10.4. The zero-order chi connectivity index (χ0) is 11.7. The van der Waals surface area contributed by atoms with Gasteiger partial charge < -0.3 is 5.11 Å². The number of aromatic hydroxyl groups is 1. The van der Waals surface area contributed by atoms with Gasteiger partial charge in [-0.3, -0.25) is 0 Å². The molecule has 0 aliphatic carbocycles. The smallest absolute Gasteiger partial charge is 0.149 e. The minimum Gasteiger partial charge on any atom is -0.507 e. The molecule has 0 unspecified atom stereocenters. The summed E-state index contributed by atoms with van der Waals surface area (Å²) in [6.45, 7) is 0. The lowest BCUT2D eigenvalue weighted by molar-refractivity contribution is 0.476. The summed E-state index contributed by atoms with van der Waals surface area (Å²) in [6, 6.07) is 9.56. The van der Waals surface area contributed by atoms with Gasteiger partial charge in [-0.15, -0.1) is 0 Å². The summed E-state index contributed by atoms with van der Waals surface area (Å²) in [4.78, 5) is 0. The molecule has 0 bridgehead atoms. The van der Waals surface area contributed by atoms with Gasteiger partial charge in [-0.1, -0.05) is 39.7 Å². The van der Waals surface area contributed by atoms with Crippen molar-refractivity contribution in [1.29, 1.82) is 0 Å². The van der Waals surface area contributed by atoms with Gasteiger partial charge in [0.05, 0.1) is 5.02 Å². The molecule has 16 heavy (non-hydrogen) atoms. The molecule has 2 rings (SSSR count). The minimum atomic E-state index is -0.526. The number of phenolic OH excluding ortho intramolecular Hbond substituents is 1. The van der Waals surface area contributed by atoms with Gasteiger partial charge in [0.15, 0.2) is 0 Å². The fourth-order valence-electron chi connectivity index (χ4n) is 1.44. The molecule has 0 atom stereocenters. The molecular formula is C12H7BrClFO. The Bertz CT molecular complexity index is 543. The Hall–Kier alpha value is -1.06. The molecule has 1 N–H and O–H groups in total. The molecule has 2 aromatic carbocycles. The molecular weight excluding hydrogens is 294 g/mol. The second-order valence-electron chi connectivity index (χ2n) is 3.26. The first-order valence-electron chi connectivity index (χ1n) is 4.52. The summed E-state index contributed by atoms with van der Waals surface area (Å²) in [7, 11) is 0. The maximum atomic E-state index is 13.7. The summed E-state index contributed by atoms with van der Waals surface area (Å²) >= 11 is 8.90. The van der Waals surface area contributed by atoms with E-state index in [0.717, 1.165) is 4.47 Å². The fourth-order valence-corrected chi connectivity index (χ4v) is 1.97. The summed E-state index contributed by atoms with van der Waals surface area (Å²) < 4.78 is 14.4. The van der Waals surface area contributed by atoms with Crippen LogP contribution in [-0.4, -0.2) is 5.11 Å². The molecule has 2 aromatic rings. The Morgan fingerprint density at radius 1 is 1.12 bits per heavy atom. The first-order valence-corrected chi connectivity index (χ1v) is 5.69. The minimum absolute atomic E-state index is 0.00976. The molecule has 0 saturated carbocycles. The number of halogens is 3. The monoisotopic (exact) mass is 300 g/mol. The number of phenols is 1. The maximum Gasteiger partial charge on any atom is 0.149 e. The van der Waals surface area contributed by atoms with Crippen molar-refractivity contribution in [3.05, 3.63) is 51.7 Å². The van der Waals surface area contributed by atoms with E-state index >= 15 is 0 Å². The quantitative estimate of drug-likeness (QED) is 0.815.